The fourth-order valence-corrected chi connectivity index (χ4v) is 5.99. The summed E-state index contributed by atoms with van der Waals surface area (Å²) in [5, 5.41) is 0. The standard InChI is InChI=1S/C21H28FN3O4S/c22-18-6-1-2-7-19(18)30(28,29)25-10-8-17(9-11-25)21(27)24-14-12-23(13-15-24)20(26)16-4-3-5-16/h1-2,6-7,16-17H,3-5,8-15H2. The number of amides is 2. The van der Waals surface area contributed by atoms with Crippen LogP contribution in [0.4, 0.5) is 4.39 Å². The highest BCUT2D eigenvalue weighted by molar-refractivity contribution is 7.89. The first-order chi connectivity index (χ1) is 14.4. The summed E-state index contributed by atoms with van der Waals surface area (Å²) in [7, 11) is -3.90. The maximum Gasteiger partial charge on any atom is 0.245 e. The van der Waals surface area contributed by atoms with Gasteiger partial charge < -0.3 is 9.80 Å². The van der Waals surface area contributed by atoms with Crippen molar-refractivity contribution in [1.82, 2.24) is 14.1 Å². The minimum absolute atomic E-state index is 0.0358. The molecule has 2 heterocycles. The smallest absolute Gasteiger partial charge is 0.245 e. The lowest BCUT2D eigenvalue weighted by Crippen LogP contribution is -2.54. The van der Waals surface area contributed by atoms with E-state index in [0.29, 0.717) is 39.0 Å². The second kappa shape index (κ2) is 8.63. The number of hydrogen-bond acceptors (Lipinski definition) is 4. The molecule has 7 nitrogen and oxygen atoms in total. The molecule has 4 rings (SSSR count). The number of hydrogen-bond donors (Lipinski definition) is 0. The Kier molecular flexibility index (Phi) is 6.11. The minimum atomic E-state index is -3.90. The number of carbonyl (C=O) groups excluding carboxylic acids is 2. The van der Waals surface area contributed by atoms with Crippen LogP contribution in [0.1, 0.15) is 32.1 Å². The molecule has 30 heavy (non-hydrogen) atoms. The fraction of sp³-hybridized carbons (Fsp3) is 0.619. The molecule has 1 aliphatic carbocycles. The Bertz CT molecular complexity index is 903. The maximum atomic E-state index is 14.0. The summed E-state index contributed by atoms with van der Waals surface area (Å²) < 4.78 is 40.7. The Hall–Kier alpha value is -2.00. The van der Waals surface area contributed by atoms with Gasteiger partial charge in [0.2, 0.25) is 21.8 Å². The zero-order chi connectivity index (χ0) is 21.3. The Labute approximate surface area is 176 Å². The van der Waals surface area contributed by atoms with Crippen molar-refractivity contribution in [3.05, 3.63) is 30.1 Å². The zero-order valence-electron chi connectivity index (χ0n) is 17.0. The number of halogens is 1. The molecule has 0 unspecified atom stereocenters. The predicted molar refractivity (Wildman–Crippen MR) is 108 cm³/mol. The van der Waals surface area contributed by atoms with Crippen molar-refractivity contribution in [2.24, 2.45) is 11.8 Å². The molecule has 0 radical (unpaired) electrons. The molecular formula is C21H28FN3O4S. The molecule has 2 saturated heterocycles. The first-order valence-corrected chi connectivity index (χ1v) is 12.1. The summed E-state index contributed by atoms with van der Waals surface area (Å²) >= 11 is 0. The lowest BCUT2D eigenvalue weighted by molar-refractivity contribution is -0.146. The molecule has 164 valence electrons. The van der Waals surface area contributed by atoms with Crippen LogP contribution in [-0.4, -0.2) is 73.6 Å². The summed E-state index contributed by atoms with van der Waals surface area (Å²) in [6.07, 6.45) is 3.93. The number of nitrogens with zero attached hydrogens (tertiary/aromatic N) is 3. The third-order valence-corrected chi connectivity index (χ3v) is 8.55. The topological polar surface area (TPSA) is 78.0 Å². The van der Waals surface area contributed by atoms with Crippen LogP contribution in [0.3, 0.4) is 0 Å². The summed E-state index contributed by atoms with van der Waals surface area (Å²) in [5.74, 6) is -0.558. The van der Waals surface area contributed by atoms with Gasteiger partial charge in [-0.1, -0.05) is 18.6 Å². The average molecular weight is 438 g/mol. The number of piperidine rings is 1. The van der Waals surface area contributed by atoms with E-state index < -0.39 is 15.8 Å². The molecule has 1 aromatic carbocycles. The van der Waals surface area contributed by atoms with Crippen molar-refractivity contribution < 1.29 is 22.4 Å². The maximum absolute atomic E-state index is 14.0. The molecule has 3 aliphatic rings. The number of benzene rings is 1. The minimum Gasteiger partial charge on any atom is -0.339 e. The molecule has 2 aliphatic heterocycles. The summed E-state index contributed by atoms with van der Waals surface area (Å²) in [4.78, 5) is 28.6. The average Bonchev–Trinajstić information content (AvgIpc) is 2.72. The molecule has 0 aromatic heterocycles. The van der Waals surface area contributed by atoms with Gasteiger partial charge in [0.1, 0.15) is 10.7 Å². The SMILES string of the molecule is O=C(C1CCC1)N1CCN(C(=O)C2CCN(S(=O)(=O)c3ccccc3F)CC2)CC1. The lowest BCUT2D eigenvalue weighted by Gasteiger charge is -2.40. The quantitative estimate of drug-likeness (QED) is 0.718. The molecule has 0 spiro atoms. The van der Waals surface area contributed by atoms with Crippen molar-refractivity contribution in [2.45, 2.75) is 37.0 Å². The van der Waals surface area contributed by atoms with Crippen LogP contribution in [0.15, 0.2) is 29.2 Å². The second-order valence-corrected chi connectivity index (χ2v) is 10.3. The lowest BCUT2D eigenvalue weighted by atomic mass is 9.84. The normalized spacial score (nSPS) is 22.0. The van der Waals surface area contributed by atoms with E-state index in [2.05, 4.69) is 0 Å². The van der Waals surface area contributed by atoms with E-state index in [1.807, 2.05) is 4.90 Å². The van der Waals surface area contributed by atoms with Gasteiger partial charge in [0.25, 0.3) is 0 Å². The van der Waals surface area contributed by atoms with E-state index in [0.717, 1.165) is 25.3 Å². The van der Waals surface area contributed by atoms with Gasteiger partial charge in [0.05, 0.1) is 0 Å². The van der Waals surface area contributed by atoms with Gasteiger partial charge in [-0.3, -0.25) is 9.59 Å². The first-order valence-electron chi connectivity index (χ1n) is 10.7. The van der Waals surface area contributed by atoms with Crippen molar-refractivity contribution in [1.29, 1.82) is 0 Å². The number of carbonyl (C=O) groups is 2. The van der Waals surface area contributed by atoms with Crippen molar-refractivity contribution in [2.75, 3.05) is 39.3 Å². The highest BCUT2D eigenvalue weighted by atomic mass is 32.2. The highest BCUT2D eigenvalue weighted by Gasteiger charge is 2.37. The van der Waals surface area contributed by atoms with Gasteiger partial charge >= 0.3 is 0 Å². The van der Waals surface area contributed by atoms with E-state index >= 15 is 0 Å². The molecule has 0 atom stereocenters. The van der Waals surface area contributed by atoms with Gasteiger partial charge in [0, 0.05) is 51.1 Å². The van der Waals surface area contributed by atoms with E-state index in [4.69, 9.17) is 0 Å². The summed E-state index contributed by atoms with van der Waals surface area (Å²) in [6.45, 7) is 2.61. The van der Waals surface area contributed by atoms with Crippen LogP contribution in [-0.2, 0) is 19.6 Å². The predicted octanol–water partition coefficient (Wildman–Crippen LogP) is 1.70. The van der Waals surface area contributed by atoms with Crippen molar-refractivity contribution in [3.8, 4) is 0 Å². The van der Waals surface area contributed by atoms with Crippen molar-refractivity contribution >= 4 is 21.8 Å². The first kappa shape index (κ1) is 21.2. The van der Waals surface area contributed by atoms with E-state index in [1.54, 1.807) is 4.90 Å². The van der Waals surface area contributed by atoms with Crippen LogP contribution in [0.5, 0.6) is 0 Å². The highest BCUT2D eigenvalue weighted by Crippen LogP contribution is 2.29. The van der Waals surface area contributed by atoms with Crippen LogP contribution in [0, 0.1) is 17.7 Å². The molecule has 3 fully saturated rings. The Morgan fingerprint density at radius 1 is 0.800 bits per heavy atom. The summed E-state index contributed by atoms with van der Waals surface area (Å²) in [5.41, 5.74) is 0. The van der Waals surface area contributed by atoms with Crippen LogP contribution in [0.25, 0.3) is 0 Å². The van der Waals surface area contributed by atoms with Gasteiger partial charge in [-0.05, 0) is 37.8 Å². The van der Waals surface area contributed by atoms with Crippen molar-refractivity contribution in [3.63, 3.8) is 0 Å². The Morgan fingerprint density at radius 3 is 1.77 bits per heavy atom. The van der Waals surface area contributed by atoms with E-state index in [-0.39, 0.29) is 41.6 Å². The second-order valence-electron chi connectivity index (χ2n) is 8.39. The Morgan fingerprint density at radius 2 is 1.30 bits per heavy atom. The molecule has 1 saturated carbocycles. The monoisotopic (exact) mass is 437 g/mol. The van der Waals surface area contributed by atoms with Gasteiger partial charge in [0.15, 0.2) is 0 Å². The molecule has 0 N–H and O–H groups in total. The summed E-state index contributed by atoms with van der Waals surface area (Å²) in [6, 6.07) is 5.37. The van der Waals surface area contributed by atoms with Gasteiger partial charge in [-0.2, -0.15) is 4.31 Å². The Balaban J connectivity index is 1.30. The van der Waals surface area contributed by atoms with E-state index in [1.165, 1.54) is 22.5 Å². The fourth-order valence-electron chi connectivity index (χ4n) is 4.45. The van der Waals surface area contributed by atoms with Gasteiger partial charge in [-0.25, -0.2) is 12.8 Å². The third kappa shape index (κ3) is 4.09. The van der Waals surface area contributed by atoms with Crippen LogP contribution < -0.4 is 0 Å². The largest absolute Gasteiger partial charge is 0.339 e. The molecule has 1 aromatic rings. The molecular weight excluding hydrogens is 409 g/mol. The number of sulfonamides is 1. The van der Waals surface area contributed by atoms with Crippen LogP contribution in [0.2, 0.25) is 0 Å². The molecule has 9 heteroatoms. The zero-order valence-corrected chi connectivity index (χ0v) is 17.8. The van der Waals surface area contributed by atoms with E-state index in [9.17, 15) is 22.4 Å². The van der Waals surface area contributed by atoms with Gasteiger partial charge in [-0.15, -0.1) is 0 Å². The number of piperazine rings is 1. The van der Waals surface area contributed by atoms with Crippen LogP contribution >= 0.6 is 0 Å². The molecule has 2 amide bonds. The molecule has 0 bridgehead atoms. The number of rotatable bonds is 4. The third-order valence-electron chi connectivity index (χ3n) is 6.62.